The summed E-state index contributed by atoms with van der Waals surface area (Å²) < 4.78 is 32.8. The van der Waals surface area contributed by atoms with Gasteiger partial charge in [0.05, 0.1) is 12.8 Å². The monoisotopic (exact) mass is 459 g/mol. The van der Waals surface area contributed by atoms with E-state index >= 15 is 0 Å². The fourth-order valence-electron chi connectivity index (χ4n) is 3.89. The van der Waals surface area contributed by atoms with Gasteiger partial charge >= 0.3 is 5.69 Å². The summed E-state index contributed by atoms with van der Waals surface area (Å²) in [5, 5.41) is 0. The molecular weight excluding hydrogens is 437 g/mol. The van der Waals surface area contributed by atoms with E-state index in [2.05, 4.69) is 9.97 Å². The Balaban J connectivity index is 1.33. The summed E-state index contributed by atoms with van der Waals surface area (Å²) in [7, 11) is 1.62. The van der Waals surface area contributed by atoms with Crippen molar-refractivity contribution >= 4 is 0 Å². The zero-order valence-corrected chi connectivity index (χ0v) is 18.7. The fraction of sp³-hybridized carbons (Fsp3) is 0.192. The molecule has 0 radical (unpaired) electrons. The second-order valence-electron chi connectivity index (χ2n) is 8.02. The average molecular weight is 459 g/mol. The van der Waals surface area contributed by atoms with Gasteiger partial charge in [0.2, 0.25) is 11.8 Å². The van der Waals surface area contributed by atoms with E-state index in [1.807, 2.05) is 31.2 Å². The zero-order chi connectivity index (χ0) is 23.7. The molecular formula is C26H22FN3O4. The molecule has 34 heavy (non-hydrogen) atoms. The first-order valence-corrected chi connectivity index (χ1v) is 10.8. The Morgan fingerprint density at radius 1 is 1.06 bits per heavy atom. The maximum atomic E-state index is 14.6. The van der Waals surface area contributed by atoms with Crippen molar-refractivity contribution in [2.24, 2.45) is 0 Å². The number of aryl methyl sites for hydroxylation is 2. The van der Waals surface area contributed by atoms with Gasteiger partial charge in [-0.2, -0.15) is 4.98 Å². The number of pyridine rings is 1. The lowest BCUT2D eigenvalue weighted by molar-refractivity contribution is 0.290. The molecule has 0 atom stereocenters. The number of rotatable bonds is 6. The van der Waals surface area contributed by atoms with E-state index in [9.17, 15) is 9.18 Å². The Kier molecular flexibility index (Phi) is 5.71. The molecule has 0 saturated carbocycles. The molecule has 0 unspecified atom stereocenters. The molecule has 3 heterocycles. The largest absolute Gasteiger partial charge is 0.497 e. The molecule has 2 aromatic heterocycles. The highest BCUT2D eigenvalue weighted by Gasteiger charge is 2.20. The van der Waals surface area contributed by atoms with Crippen LogP contribution in [0.15, 0.2) is 65.6 Å². The first-order chi connectivity index (χ1) is 16.5. The van der Waals surface area contributed by atoms with Gasteiger partial charge in [-0.25, -0.2) is 14.2 Å². The summed E-state index contributed by atoms with van der Waals surface area (Å²) in [5.74, 6) is 0.796. The van der Waals surface area contributed by atoms with Crippen LogP contribution in [-0.2, 0) is 19.6 Å². The van der Waals surface area contributed by atoms with Gasteiger partial charge in [-0.3, -0.25) is 4.57 Å². The summed E-state index contributed by atoms with van der Waals surface area (Å²) in [6.07, 6.45) is 2.37. The van der Waals surface area contributed by atoms with Crippen LogP contribution in [0.4, 0.5) is 4.39 Å². The molecule has 1 aliphatic heterocycles. The lowest BCUT2D eigenvalue weighted by Gasteiger charge is -2.22. The maximum absolute atomic E-state index is 14.6. The molecule has 1 aliphatic rings. The number of ether oxygens (including phenoxy) is 3. The van der Waals surface area contributed by atoms with Gasteiger partial charge in [0.25, 0.3) is 0 Å². The van der Waals surface area contributed by atoms with E-state index in [-0.39, 0.29) is 23.9 Å². The molecule has 8 heteroatoms. The second-order valence-corrected chi connectivity index (χ2v) is 8.02. The summed E-state index contributed by atoms with van der Waals surface area (Å²) in [4.78, 5) is 20.8. The molecule has 0 fully saturated rings. The molecule has 172 valence electrons. The van der Waals surface area contributed by atoms with Gasteiger partial charge in [-0.15, -0.1) is 0 Å². The summed E-state index contributed by atoms with van der Waals surface area (Å²) in [6.45, 7) is 2.49. The highest BCUT2D eigenvalue weighted by Crippen LogP contribution is 2.32. The van der Waals surface area contributed by atoms with Crippen molar-refractivity contribution in [2.75, 3.05) is 7.11 Å². The number of methoxy groups -OCH3 is 1. The highest BCUT2D eigenvalue weighted by molar-refractivity contribution is 5.67. The summed E-state index contributed by atoms with van der Waals surface area (Å²) in [5.41, 5.74) is 3.95. The number of nitrogens with zero attached hydrogens (tertiary/aromatic N) is 3. The Hall–Kier alpha value is -4.20. The predicted molar refractivity (Wildman–Crippen MR) is 124 cm³/mol. The third-order valence-electron chi connectivity index (χ3n) is 5.66. The summed E-state index contributed by atoms with van der Waals surface area (Å²) in [6, 6.07) is 15.6. The number of hydrogen-bond acceptors (Lipinski definition) is 6. The smallest absolute Gasteiger partial charge is 0.351 e. The van der Waals surface area contributed by atoms with Crippen LogP contribution in [0, 0.1) is 12.7 Å². The summed E-state index contributed by atoms with van der Waals surface area (Å²) >= 11 is 0. The molecule has 0 amide bonds. The fourth-order valence-corrected chi connectivity index (χ4v) is 3.89. The first kappa shape index (κ1) is 21.6. The van der Waals surface area contributed by atoms with E-state index in [0.29, 0.717) is 24.4 Å². The van der Waals surface area contributed by atoms with E-state index in [1.54, 1.807) is 36.1 Å². The molecule has 0 bridgehead atoms. The van der Waals surface area contributed by atoms with Gasteiger partial charge in [-0.05, 0) is 60.4 Å². The Labute approximate surface area is 195 Å². The van der Waals surface area contributed by atoms with Crippen LogP contribution in [0.1, 0.15) is 16.7 Å². The van der Waals surface area contributed by atoms with Crippen molar-refractivity contribution in [2.45, 2.75) is 26.5 Å². The van der Waals surface area contributed by atoms with Gasteiger partial charge < -0.3 is 14.2 Å². The predicted octanol–water partition coefficient (Wildman–Crippen LogP) is 4.69. The van der Waals surface area contributed by atoms with Crippen LogP contribution in [0.3, 0.4) is 0 Å². The standard InChI is InChI=1S/C26H22FN3O4/c1-16-3-8-24(28-14-16)34-23-7-4-17(11-21(23)27)15-33-25-13-22-20-6-5-19(32-2)12-18(20)9-10-30(22)26(31)29-25/h3-8,11-14H,9-10,15H2,1-2H3. The third kappa shape index (κ3) is 4.34. The van der Waals surface area contributed by atoms with Crippen LogP contribution in [0.25, 0.3) is 11.3 Å². The van der Waals surface area contributed by atoms with Gasteiger partial charge in [-0.1, -0.05) is 12.1 Å². The highest BCUT2D eigenvalue weighted by atomic mass is 19.1. The van der Waals surface area contributed by atoms with Crippen LogP contribution in [-0.4, -0.2) is 21.6 Å². The lowest BCUT2D eigenvalue weighted by atomic mass is 9.97. The minimum atomic E-state index is -0.537. The van der Waals surface area contributed by atoms with Crippen molar-refractivity contribution in [1.29, 1.82) is 0 Å². The van der Waals surface area contributed by atoms with Crippen LogP contribution >= 0.6 is 0 Å². The SMILES string of the molecule is COc1ccc2c(c1)CCn1c-2cc(OCc2ccc(Oc3ccc(C)cn3)c(F)c2)nc1=O. The number of aromatic nitrogens is 3. The van der Waals surface area contributed by atoms with Crippen molar-refractivity contribution in [1.82, 2.24) is 14.5 Å². The van der Waals surface area contributed by atoms with Gasteiger partial charge in [0, 0.05) is 30.4 Å². The molecule has 5 rings (SSSR count). The van der Waals surface area contributed by atoms with Crippen molar-refractivity contribution in [3.63, 3.8) is 0 Å². The first-order valence-electron chi connectivity index (χ1n) is 10.8. The molecule has 0 aliphatic carbocycles. The molecule has 7 nitrogen and oxygen atoms in total. The number of benzene rings is 2. The van der Waals surface area contributed by atoms with E-state index in [1.165, 1.54) is 12.1 Å². The van der Waals surface area contributed by atoms with Crippen LogP contribution in [0.5, 0.6) is 23.3 Å². The van der Waals surface area contributed by atoms with Gasteiger partial charge in [0.15, 0.2) is 11.6 Å². The van der Waals surface area contributed by atoms with E-state index in [0.717, 1.165) is 28.1 Å². The van der Waals surface area contributed by atoms with Crippen LogP contribution < -0.4 is 19.9 Å². The molecule has 4 aromatic rings. The second kappa shape index (κ2) is 8.97. The Morgan fingerprint density at radius 2 is 1.94 bits per heavy atom. The quantitative estimate of drug-likeness (QED) is 0.417. The molecule has 2 aromatic carbocycles. The van der Waals surface area contributed by atoms with E-state index < -0.39 is 5.82 Å². The molecule has 0 spiro atoms. The third-order valence-corrected chi connectivity index (χ3v) is 5.66. The van der Waals surface area contributed by atoms with Crippen molar-refractivity contribution in [3.05, 3.63) is 93.8 Å². The maximum Gasteiger partial charge on any atom is 0.351 e. The Bertz CT molecular complexity index is 1420. The van der Waals surface area contributed by atoms with Crippen LogP contribution in [0.2, 0.25) is 0 Å². The minimum Gasteiger partial charge on any atom is -0.497 e. The molecule has 0 N–H and O–H groups in total. The topological polar surface area (TPSA) is 75.5 Å². The zero-order valence-electron chi connectivity index (χ0n) is 18.7. The van der Waals surface area contributed by atoms with Crippen molar-refractivity contribution < 1.29 is 18.6 Å². The van der Waals surface area contributed by atoms with E-state index in [4.69, 9.17) is 14.2 Å². The number of halogens is 1. The number of fused-ring (bicyclic) bond motifs is 3. The minimum absolute atomic E-state index is 0.0470. The normalized spacial score (nSPS) is 12.0. The molecule has 0 saturated heterocycles. The average Bonchev–Trinajstić information content (AvgIpc) is 2.85. The number of hydrogen-bond donors (Lipinski definition) is 0. The lowest BCUT2D eigenvalue weighted by Crippen LogP contribution is -2.28. The van der Waals surface area contributed by atoms with Gasteiger partial charge in [0.1, 0.15) is 12.4 Å². The van der Waals surface area contributed by atoms with Crippen molar-refractivity contribution in [3.8, 4) is 34.5 Å². The Morgan fingerprint density at radius 3 is 2.71 bits per heavy atom.